The summed E-state index contributed by atoms with van der Waals surface area (Å²) in [6, 6.07) is 7.52. The summed E-state index contributed by atoms with van der Waals surface area (Å²) in [6.45, 7) is 1.97. The van der Waals surface area contributed by atoms with Crippen molar-refractivity contribution in [2.24, 2.45) is 5.73 Å². The number of hydrogen-bond acceptors (Lipinski definition) is 4. The lowest BCUT2D eigenvalue weighted by molar-refractivity contribution is 0.729. The van der Waals surface area contributed by atoms with E-state index in [4.69, 9.17) is 5.73 Å². The molecule has 1 heterocycles. The average molecular weight is 340 g/mol. The van der Waals surface area contributed by atoms with Gasteiger partial charge in [-0.15, -0.1) is 0 Å². The van der Waals surface area contributed by atoms with Crippen molar-refractivity contribution in [3.8, 4) is 0 Å². The molecule has 2 aromatic rings. The molecule has 3 N–H and O–H groups in total. The van der Waals surface area contributed by atoms with Crippen LogP contribution in [0.1, 0.15) is 12.5 Å². The molecule has 1 aromatic heterocycles. The van der Waals surface area contributed by atoms with Crippen LogP contribution in [0.5, 0.6) is 0 Å². The van der Waals surface area contributed by atoms with Crippen molar-refractivity contribution in [2.45, 2.75) is 29.4 Å². The van der Waals surface area contributed by atoms with Gasteiger partial charge in [0.05, 0.1) is 0 Å². The van der Waals surface area contributed by atoms with Crippen LogP contribution in [0.15, 0.2) is 49.8 Å². The van der Waals surface area contributed by atoms with Crippen LogP contribution in [0.25, 0.3) is 0 Å². The van der Waals surface area contributed by atoms with E-state index in [1.807, 2.05) is 25.1 Å². The van der Waals surface area contributed by atoms with E-state index in [0.29, 0.717) is 5.16 Å². The number of rotatable bonds is 4. The molecule has 0 bridgehead atoms. The second-order valence-electron chi connectivity index (χ2n) is 4.27. The Morgan fingerprint density at radius 2 is 2.26 bits per heavy atom. The Morgan fingerprint density at radius 1 is 1.47 bits per heavy atom. The first-order chi connectivity index (χ1) is 9.04. The minimum Gasteiger partial charge on any atom is -0.328 e. The Morgan fingerprint density at radius 3 is 2.95 bits per heavy atom. The van der Waals surface area contributed by atoms with Gasteiger partial charge < -0.3 is 10.7 Å². The van der Waals surface area contributed by atoms with Gasteiger partial charge in [0.1, 0.15) is 0 Å². The first kappa shape index (κ1) is 14.3. The van der Waals surface area contributed by atoms with Crippen molar-refractivity contribution in [2.75, 3.05) is 0 Å². The van der Waals surface area contributed by atoms with Crippen LogP contribution < -0.4 is 11.3 Å². The SMILES string of the molecule is CC(N)Cc1ccc(Br)cc1Sc1nccc(=O)[nH]1. The molecule has 100 valence electrons. The highest BCUT2D eigenvalue weighted by molar-refractivity contribution is 9.10. The van der Waals surface area contributed by atoms with Gasteiger partial charge in [0, 0.05) is 27.7 Å². The summed E-state index contributed by atoms with van der Waals surface area (Å²) in [5.74, 6) is 0. The van der Waals surface area contributed by atoms with Crippen LogP contribution in [-0.4, -0.2) is 16.0 Å². The van der Waals surface area contributed by atoms with Crippen LogP contribution in [0.4, 0.5) is 0 Å². The Balaban J connectivity index is 2.32. The predicted molar refractivity (Wildman–Crippen MR) is 80.5 cm³/mol. The second-order valence-corrected chi connectivity index (χ2v) is 6.22. The van der Waals surface area contributed by atoms with Gasteiger partial charge in [-0.1, -0.05) is 33.8 Å². The van der Waals surface area contributed by atoms with Crippen LogP contribution in [0.2, 0.25) is 0 Å². The first-order valence-corrected chi connectivity index (χ1v) is 7.43. The lowest BCUT2D eigenvalue weighted by Gasteiger charge is -2.11. The van der Waals surface area contributed by atoms with Crippen molar-refractivity contribution in [1.82, 2.24) is 9.97 Å². The van der Waals surface area contributed by atoms with Crippen LogP contribution >= 0.6 is 27.7 Å². The number of aromatic amines is 1. The highest BCUT2D eigenvalue weighted by atomic mass is 79.9. The van der Waals surface area contributed by atoms with Crippen molar-refractivity contribution in [1.29, 1.82) is 0 Å². The molecule has 0 radical (unpaired) electrons. The lowest BCUT2D eigenvalue weighted by atomic mass is 10.1. The molecule has 0 aliphatic rings. The van der Waals surface area contributed by atoms with E-state index in [9.17, 15) is 4.79 Å². The molecule has 0 saturated heterocycles. The molecule has 0 amide bonds. The number of halogens is 1. The van der Waals surface area contributed by atoms with E-state index in [1.54, 1.807) is 0 Å². The van der Waals surface area contributed by atoms with E-state index < -0.39 is 0 Å². The Kier molecular flexibility index (Phi) is 4.79. The molecule has 6 heteroatoms. The molecular formula is C13H14BrN3OS. The standard InChI is InChI=1S/C13H14BrN3OS/c1-8(15)6-9-2-3-10(14)7-11(9)19-13-16-5-4-12(18)17-13/h2-5,7-8H,6,15H2,1H3,(H,16,17,18). The maximum Gasteiger partial charge on any atom is 0.251 e. The smallest absolute Gasteiger partial charge is 0.251 e. The van der Waals surface area contributed by atoms with Crippen molar-refractivity contribution in [3.05, 3.63) is 50.9 Å². The molecule has 19 heavy (non-hydrogen) atoms. The molecule has 4 nitrogen and oxygen atoms in total. The molecule has 1 aromatic carbocycles. The van der Waals surface area contributed by atoms with Gasteiger partial charge in [0.15, 0.2) is 5.16 Å². The topological polar surface area (TPSA) is 71.8 Å². The van der Waals surface area contributed by atoms with Crippen LogP contribution in [0, 0.1) is 0 Å². The third kappa shape index (κ3) is 4.19. The number of aromatic nitrogens is 2. The zero-order chi connectivity index (χ0) is 13.8. The molecule has 2 rings (SSSR count). The molecule has 0 spiro atoms. The van der Waals surface area contributed by atoms with E-state index in [1.165, 1.54) is 24.0 Å². The highest BCUT2D eigenvalue weighted by Crippen LogP contribution is 2.30. The summed E-state index contributed by atoms with van der Waals surface area (Å²) >= 11 is 4.89. The zero-order valence-corrected chi connectivity index (χ0v) is 12.8. The Bertz CT molecular complexity index is 627. The van der Waals surface area contributed by atoms with E-state index in [2.05, 4.69) is 25.9 Å². The van der Waals surface area contributed by atoms with Gasteiger partial charge in [-0.05, 0) is 31.0 Å². The minimum atomic E-state index is -0.152. The van der Waals surface area contributed by atoms with Crippen molar-refractivity contribution >= 4 is 27.7 Å². The van der Waals surface area contributed by atoms with Crippen LogP contribution in [-0.2, 0) is 6.42 Å². The summed E-state index contributed by atoms with van der Waals surface area (Å²) in [5.41, 5.74) is 6.85. The second kappa shape index (κ2) is 6.36. The first-order valence-electron chi connectivity index (χ1n) is 5.82. The maximum atomic E-state index is 11.3. The molecule has 0 aliphatic carbocycles. The molecule has 1 unspecified atom stereocenters. The largest absolute Gasteiger partial charge is 0.328 e. The normalized spacial score (nSPS) is 12.4. The monoisotopic (exact) mass is 339 g/mol. The van der Waals surface area contributed by atoms with E-state index >= 15 is 0 Å². The minimum absolute atomic E-state index is 0.0864. The molecule has 1 atom stereocenters. The van der Waals surface area contributed by atoms with Gasteiger partial charge in [-0.25, -0.2) is 4.98 Å². The highest BCUT2D eigenvalue weighted by Gasteiger charge is 2.08. The summed E-state index contributed by atoms with van der Waals surface area (Å²) in [5, 5.41) is 0.580. The fourth-order valence-corrected chi connectivity index (χ4v) is 3.10. The van der Waals surface area contributed by atoms with Gasteiger partial charge in [-0.3, -0.25) is 4.79 Å². The summed E-state index contributed by atoms with van der Waals surface area (Å²) in [4.78, 5) is 19.2. The predicted octanol–water partition coefficient (Wildman–Crippen LogP) is 2.57. The molecular weight excluding hydrogens is 326 g/mol. The van der Waals surface area contributed by atoms with E-state index in [0.717, 1.165) is 21.4 Å². The summed E-state index contributed by atoms with van der Waals surface area (Å²) < 4.78 is 0.988. The maximum absolute atomic E-state index is 11.3. The quantitative estimate of drug-likeness (QED) is 0.839. The molecule has 0 aliphatic heterocycles. The van der Waals surface area contributed by atoms with Crippen molar-refractivity contribution in [3.63, 3.8) is 0 Å². The Labute approximate surface area is 124 Å². The number of nitrogens with two attached hydrogens (primary N) is 1. The van der Waals surface area contributed by atoms with Gasteiger partial charge in [0.2, 0.25) is 0 Å². The number of H-pyrrole nitrogens is 1. The fourth-order valence-electron chi connectivity index (χ4n) is 1.65. The average Bonchev–Trinajstić information content (AvgIpc) is 2.32. The van der Waals surface area contributed by atoms with E-state index in [-0.39, 0.29) is 11.6 Å². The molecule has 0 saturated carbocycles. The summed E-state index contributed by atoms with van der Waals surface area (Å²) in [7, 11) is 0. The summed E-state index contributed by atoms with van der Waals surface area (Å²) in [6.07, 6.45) is 2.29. The third-order valence-corrected chi connectivity index (χ3v) is 3.92. The Hall–Kier alpha value is -1.11. The number of nitrogens with zero attached hydrogens (tertiary/aromatic N) is 1. The third-order valence-electron chi connectivity index (χ3n) is 2.43. The van der Waals surface area contributed by atoms with Gasteiger partial charge in [-0.2, -0.15) is 0 Å². The van der Waals surface area contributed by atoms with Gasteiger partial charge in [0.25, 0.3) is 5.56 Å². The fraction of sp³-hybridized carbons (Fsp3) is 0.231. The van der Waals surface area contributed by atoms with Crippen LogP contribution in [0.3, 0.4) is 0 Å². The number of benzene rings is 1. The number of hydrogen-bond donors (Lipinski definition) is 2. The zero-order valence-electron chi connectivity index (χ0n) is 10.4. The lowest BCUT2D eigenvalue weighted by Crippen LogP contribution is -2.18. The number of nitrogens with one attached hydrogen (secondary N) is 1. The molecule has 0 fully saturated rings. The van der Waals surface area contributed by atoms with Gasteiger partial charge >= 0.3 is 0 Å². The van der Waals surface area contributed by atoms with Crippen molar-refractivity contribution < 1.29 is 0 Å².